The van der Waals surface area contributed by atoms with Crippen LogP contribution < -0.4 is 21.3 Å². The van der Waals surface area contributed by atoms with Crippen molar-refractivity contribution in [3.63, 3.8) is 0 Å². The Kier molecular flexibility index (Phi) is 13.6. The van der Waals surface area contributed by atoms with Crippen LogP contribution >= 0.6 is 0 Å². The standard InChI is InChI=1S/C37H44N4O7/c1-5-24(2)31(34(45)41-37(3,4)36(47)48)40-35(46)32(43)28(21-25-15-9-6-10-16-25)39-33(44)29(22-26-17-11-7-12-18-26)38-30(42)23-27-19-13-8-14-20-27/h6-20,24,28-29,31H,5,21-23H2,1-4H3,(H,38,42)(H,39,44)(H,40,46)(H,41,45)(H,47,48)/t24-,28?,29-,31-/m0/s1. The number of carbonyl (C=O) groups excluding carboxylic acids is 5. The summed E-state index contributed by atoms with van der Waals surface area (Å²) in [6, 6.07) is 23.3. The second-order valence-electron chi connectivity index (χ2n) is 12.3. The van der Waals surface area contributed by atoms with Crippen molar-refractivity contribution in [2.75, 3.05) is 0 Å². The third-order valence-corrected chi connectivity index (χ3v) is 8.03. The lowest BCUT2D eigenvalue weighted by molar-refractivity contribution is -0.147. The van der Waals surface area contributed by atoms with Crippen LogP contribution in [0.1, 0.15) is 50.8 Å². The van der Waals surface area contributed by atoms with E-state index in [-0.39, 0.29) is 19.3 Å². The summed E-state index contributed by atoms with van der Waals surface area (Å²) in [4.78, 5) is 78.9. The molecule has 48 heavy (non-hydrogen) atoms. The molecule has 254 valence electrons. The molecular weight excluding hydrogens is 612 g/mol. The minimum atomic E-state index is -1.62. The lowest BCUT2D eigenvalue weighted by Gasteiger charge is -2.29. The highest BCUT2D eigenvalue weighted by atomic mass is 16.4. The molecule has 4 atom stereocenters. The van der Waals surface area contributed by atoms with E-state index in [0.717, 1.165) is 11.1 Å². The number of rotatable bonds is 17. The van der Waals surface area contributed by atoms with Gasteiger partial charge in [0.15, 0.2) is 0 Å². The van der Waals surface area contributed by atoms with Crippen molar-refractivity contribution >= 4 is 35.4 Å². The van der Waals surface area contributed by atoms with E-state index in [9.17, 15) is 33.9 Å². The molecule has 3 aromatic rings. The lowest BCUT2D eigenvalue weighted by atomic mass is 9.95. The summed E-state index contributed by atoms with van der Waals surface area (Å²) in [5.41, 5.74) is 0.568. The quantitative estimate of drug-likeness (QED) is 0.139. The molecule has 1 unspecified atom stereocenters. The van der Waals surface area contributed by atoms with E-state index < -0.39 is 65.0 Å². The topological polar surface area (TPSA) is 171 Å². The summed E-state index contributed by atoms with van der Waals surface area (Å²) in [5, 5.41) is 19.9. The van der Waals surface area contributed by atoms with Gasteiger partial charge in [-0.15, -0.1) is 0 Å². The molecule has 0 aliphatic heterocycles. The number of benzene rings is 3. The average Bonchev–Trinajstić information content (AvgIpc) is 3.06. The van der Waals surface area contributed by atoms with Gasteiger partial charge in [0.1, 0.15) is 23.7 Å². The molecule has 0 aliphatic carbocycles. The van der Waals surface area contributed by atoms with Crippen LogP contribution in [0.2, 0.25) is 0 Å². The van der Waals surface area contributed by atoms with Crippen LogP contribution in [-0.2, 0) is 48.0 Å². The van der Waals surface area contributed by atoms with Gasteiger partial charge in [-0.3, -0.25) is 24.0 Å². The van der Waals surface area contributed by atoms with E-state index in [0.29, 0.717) is 12.0 Å². The Labute approximate surface area is 280 Å². The van der Waals surface area contributed by atoms with Gasteiger partial charge in [0.25, 0.3) is 5.91 Å². The van der Waals surface area contributed by atoms with Gasteiger partial charge >= 0.3 is 5.97 Å². The summed E-state index contributed by atoms with van der Waals surface area (Å²) in [6.07, 6.45) is 0.558. The first-order valence-corrected chi connectivity index (χ1v) is 15.9. The van der Waals surface area contributed by atoms with E-state index in [2.05, 4.69) is 21.3 Å². The molecule has 11 heteroatoms. The fraction of sp³-hybridized carbons (Fsp3) is 0.351. The highest BCUT2D eigenvalue weighted by Gasteiger charge is 2.37. The monoisotopic (exact) mass is 656 g/mol. The predicted octanol–water partition coefficient (Wildman–Crippen LogP) is 2.76. The Hall–Kier alpha value is -5.32. The number of aliphatic carboxylic acids is 1. The SMILES string of the molecule is CC[C@H](C)[C@H](NC(=O)C(=O)C(Cc1ccccc1)NC(=O)[C@H](Cc1ccccc1)NC(=O)Cc1ccccc1)C(=O)NC(C)(C)C(=O)O. The van der Waals surface area contributed by atoms with E-state index in [1.807, 2.05) is 48.5 Å². The number of hydrogen-bond acceptors (Lipinski definition) is 6. The third-order valence-electron chi connectivity index (χ3n) is 8.03. The molecular formula is C37H44N4O7. The second-order valence-corrected chi connectivity index (χ2v) is 12.3. The maximum Gasteiger partial charge on any atom is 0.328 e. The zero-order valence-electron chi connectivity index (χ0n) is 27.7. The fourth-order valence-corrected chi connectivity index (χ4v) is 4.93. The summed E-state index contributed by atoms with van der Waals surface area (Å²) in [6.45, 7) is 6.10. The van der Waals surface area contributed by atoms with Gasteiger partial charge in [-0.1, -0.05) is 111 Å². The molecule has 11 nitrogen and oxygen atoms in total. The molecule has 0 saturated carbocycles. The number of ketones is 1. The van der Waals surface area contributed by atoms with Gasteiger partial charge in [0, 0.05) is 12.8 Å². The molecule has 0 fully saturated rings. The first-order chi connectivity index (χ1) is 22.8. The number of carboxylic acids is 1. The zero-order valence-corrected chi connectivity index (χ0v) is 27.7. The Bertz CT molecular complexity index is 1560. The van der Waals surface area contributed by atoms with Crippen LogP contribution in [0.25, 0.3) is 0 Å². The Morgan fingerprint density at radius 2 is 1.15 bits per heavy atom. The number of carboxylic acid groups (broad SMARTS) is 1. The summed E-state index contributed by atoms with van der Waals surface area (Å²) in [7, 11) is 0. The molecule has 0 radical (unpaired) electrons. The largest absolute Gasteiger partial charge is 0.480 e. The van der Waals surface area contributed by atoms with Crippen LogP contribution in [0.4, 0.5) is 0 Å². The highest BCUT2D eigenvalue weighted by Crippen LogP contribution is 2.13. The molecule has 0 aliphatic rings. The first-order valence-electron chi connectivity index (χ1n) is 15.9. The molecule has 0 heterocycles. The minimum Gasteiger partial charge on any atom is -0.480 e. The van der Waals surface area contributed by atoms with Crippen molar-refractivity contribution in [2.45, 2.75) is 77.0 Å². The molecule has 0 spiro atoms. The van der Waals surface area contributed by atoms with Crippen molar-refractivity contribution in [3.05, 3.63) is 108 Å². The van der Waals surface area contributed by atoms with E-state index in [1.54, 1.807) is 56.3 Å². The smallest absolute Gasteiger partial charge is 0.328 e. The van der Waals surface area contributed by atoms with E-state index in [1.165, 1.54) is 13.8 Å². The van der Waals surface area contributed by atoms with E-state index in [4.69, 9.17) is 0 Å². The number of Topliss-reactive ketones (excluding diaryl/α,β-unsaturated/α-hetero) is 1. The maximum absolute atomic E-state index is 13.8. The number of carbonyl (C=O) groups is 6. The molecule has 0 bridgehead atoms. The average molecular weight is 657 g/mol. The highest BCUT2D eigenvalue weighted by molar-refractivity contribution is 6.39. The fourth-order valence-electron chi connectivity index (χ4n) is 4.93. The van der Waals surface area contributed by atoms with Crippen molar-refractivity contribution in [3.8, 4) is 0 Å². The Morgan fingerprint density at radius 1 is 0.667 bits per heavy atom. The third kappa shape index (κ3) is 11.2. The van der Waals surface area contributed by atoms with Crippen LogP contribution in [0.15, 0.2) is 91.0 Å². The Balaban J connectivity index is 1.86. The predicted molar refractivity (Wildman–Crippen MR) is 181 cm³/mol. The number of amides is 4. The Morgan fingerprint density at radius 3 is 1.62 bits per heavy atom. The molecule has 5 N–H and O–H groups in total. The van der Waals surface area contributed by atoms with E-state index >= 15 is 0 Å². The molecule has 0 aromatic heterocycles. The summed E-state index contributed by atoms with van der Waals surface area (Å²) < 4.78 is 0. The maximum atomic E-state index is 13.8. The van der Waals surface area contributed by atoms with Gasteiger partial charge in [0.05, 0.1) is 6.42 Å². The van der Waals surface area contributed by atoms with Crippen molar-refractivity contribution in [1.82, 2.24) is 21.3 Å². The molecule has 3 aromatic carbocycles. The second kappa shape index (κ2) is 17.6. The van der Waals surface area contributed by atoms with Gasteiger partial charge < -0.3 is 26.4 Å². The van der Waals surface area contributed by atoms with Crippen LogP contribution in [0, 0.1) is 5.92 Å². The van der Waals surface area contributed by atoms with Crippen LogP contribution in [0.3, 0.4) is 0 Å². The minimum absolute atomic E-state index is 0.0337. The summed E-state index contributed by atoms with van der Waals surface area (Å²) in [5.74, 6) is -5.66. The molecule has 4 amide bonds. The lowest BCUT2D eigenvalue weighted by Crippen LogP contribution is -2.60. The number of hydrogen-bond donors (Lipinski definition) is 5. The van der Waals surface area contributed by atoms with Crippen LogP contribution in [0.5, 0.6) is 0 Å². The van der Waals surface area contributed by atoms with Crippen molar-refractivity contribution in [2.24, 2.45) is 5.92 Å². The van der Waals surface area contributed by atoms with Gasteiger partial charge in [-0.25, -0.2) is 4.79 Å². The van der Waals surface area contributed by atoms with Gasteiger partial charge in [-0.05, 0) is 36.5 Å². The first kappa shape index (κ1) is 37.1. The van der Waals surface area contributed by atoms with Crippen LogP contribution in [-0.4, -0.2) is 64.2 Å². The summed E-state index contributed by atoms with van der Waals surface area (Å²) >= 11 is 0. The molecule has 0 saturated heterocycles. The normalized spacial score (nSPS) is 13.6. The zero-order chi connectivity index (χ0) is 35.3. The van der Waals surface area contributed by atoms with Crippen molar-refractivity contribution in [1.29, 1.82) is 0 Å². The van der Waals surface area contributed by atoms with Crippen molar-refractivity contribution < 1.29 is 33.9 Å². The van der Waals surface area contributed by atoms with Gasteiger partial charge in [0.2, 0.25) is 23.5 Å². The molecule has 3 rings (SSSR count). The number of nitrogens with one attached hydrogen (secondary N) is 4. The van der Waals surface area contributed by atoms with Gasteiger partial charge in [-0.2, -0.15) is 0 Å².